The van der Waals surface area contributed by atoms with Gasteiger partial charge in [0.05, 0.1) is 0 Å². The molecule has 2 aromatic carbocycles. The van der Waals surface area contributed by atoms with Crippen LogP contribution in [-0.4, -0.2) is 5.11 Å². The van der Waals surface area contributed by atoms with Crippen LogP contribution in [0.15, 0.2) is 48.5 Å². The lowest BCUT2D eigenvalue weighted by molar-refractivity contribution is 0.438. The van der Waals surface area contributed by atoms with Crippen LogP contribution < -0.4 is 5.32 Å². The minimum absolute atomic E-state index is 0.109. The molecule has 2 nitrogen and oxygen atoms in total. The van der Waals surface area contributed by atoms with Crippen molar-refractivity contribution in [2.75, 3.05) is 0 Å². The number of hydrogen-bond donors (Lipinski definition) is 2. The monoisotopic (exact) mass is 255 g/mol. The Morgan fingerprint density at radius 1 is 0.895 bits per heavy atom. The molecule has 2 atom stereocenters. The lowest BCUT2D eigenvalue weighted by Crippen LogP contribution is -2.22. The van der Waals surface area contributed by atoms with Crippen molar-refractivity contribution in [2.45, 2.75) is 32.9 Å². The number of aromatic hydroxyl groups is 1. The summed E-state index contributed by atoms with van der Waals surface area (Å²) in [7, 11) is 0. The Labute approximate surface area is 115 Å². The summed E-state index contributed by atoms with van der Waals surface area (Å²) >= 11 is 0. The molecule has 0 radical (unpaired) electrons. The first kappa shape index (κ1) is 13.6. The van der Waals surface area contributed by atoms with Crippen LogP contribution in [0, 0.1) is 6.92 Å². The zero-order chi connectivity index (χ0) is 13.8. The molecule has 0 saturated heterocycles. The zero-order valence-electron chi connectivity index (χ0n) is 11.7. The number of nitrogens with one attached hydrogen (secondary N) is 1. The molecule has 0 aromatic heterocycles. The summed E-state index contributed by atoms with van der Waals surface area (Å²) in [5.74, 6) is 0.346. The summed E-state index contributed by atoms with van der Waals surface area (Å²) in [4.78, 5) is 0. The molecule has 0 fully saturated rings. The normalized spacial score (nSPS) is 14.1. The standard InChI is InChI=1S/C17H21NO/c1-12-8-10-15(11-9-12)13(2)18-14(3)16-6-4-5-7-17(16)19/h4-11,13-14,18-19H,1-3H3/t13-,14?/m1/s1. The highest BCUT2D eigenvalue weighted by Crippen LogP contribution is 2.25. The molecule has 1 unspecified atom stereocenters. The van der Waals surface area contributed by atoms with Gasteiger partial charge in [0, 0.05) is 17.6 Å². The predicted molar refractivity (Wildman–Crippen MR) is 79.3 cm³/mol. The van der Waals surface area contributed by atoms with Crippen molar-refractivity contribution in [3.05, 3.63) is 65.2 Å². The molecule has 0 aliphatic rings. The van der Waals surface area contributed by atoms with Crippen LogP contribution in [0.1, 0.15) is 42.6 Å². The minimum atomic E-state index is 0.109. The lowest BCUT2D eigenvalue weighted by atomic mass is 10.0. The topological polar surface area (TPSA) is 32.3 Å². The Morgan fingerprint density at radius 2 is 1.53 bits per heavy atom. The fourth-order valence-corrected chi connectivity index (χ4v) is 2.27. The van der Waals surface area contributed by atoms with Crippen LogP contribution in [0.25, 0.3) is 0 Å². The van der Waals surface area contributed by atoms with Crippen LogP contribution >= 0.6 is 0 Å². The zero-order valence-corrected chi connectivity index (χ0v) is 11.7. The second-order valence-electron chi connectivity index (χ2n) is 5.08. The van der Waals surface area contributed by atoms with Gasteiger partial charge < -0.3 is 10.4 Å². The van der Waals surface area contributed by atoms with Crippen molar-refractivity contribution in [2.24, 2.45) is 0 Å². The molecule has 19 heavy (non-hydrogen) atoms. The Hall–Kier alpha value is -1.80. The smallest absolute Gasteiger partial charge is 0.120 e. The SMILES string of the molecule is Cc1ccc([C@@H](C)NC(C)c2ccccc2O)cc1. The quantitative estimate of drug-likeness (QED) is 0.861. The van der Waals surface area contributed by atoms with Gasteiger partial charge in [-0.2, -0.15) is 0 Å². The highest BCUT2D eigenvalue weighted by molar-refractivity contribution is 5.34. The van der Waals surface area contributed by atoms with Crippen molar-refractivity contribution in [3.8, 4) is 5.75 Å². The van der Waals surface area contributed by atoms with E-state index in [1.807, 2.05) is 18.2 Å². The van der Waals surface area contributed by atoms with Crippen molar-refractivity contribution in [1.82, 2.24) is 5.32 Å². The number of phenolic OH excluding ortho intramolecular Hbond substituents is 1. The largest absolute Gasteiger partial charge is 0.508 e. The van der Waals surface area contributed by atoms with Gasteiger partial charge in [-0.3, -0.25) is 0 Å². The van der Waals surface area contributed by atoms with E-state index in [2.05, 4.69) is 50.4 Å². The number of benzene rings is 2. The van der Waals surface area contributed by atoms with Gasteiger partial charge in [-0.1, -0.05) is 48.0 Å². The fourth-order valence-electron chi connectivity index (χ4n) is 2.27. The second kappa shape index (κ2) is 5.89. The van der Waals surface area contributed by atoms with Gasteiger partial charge in [0.1, 0.15) is 5.75 Å². The van der Waals surface area contributed by atoms with Gasteiger partial charge in [0.15, 0.2) is 0 Å². The Morgan fingerprint density at radius 3 is 2.16 bits per heavy atom. The number of rotatable bonds is 4. The van der Waals surface area contributed by atoms with Crippen LogP contribution in [0.4, 0.5) is 0 Å². The summed E-state index contributed by atoms with van der Waals surface area (Å²) < 4.78 is 0. The van der Waals surface area contributed by atoms with Gasteiger partial charge >= 0.3 is 0 Å². The molecule has 100 valence electrons. The van der Waals surface area contributed by atoms with E-state index >= 15 is 0 Å². The van der Waals surface area contributed by atoms with Gasteiger partial charge in [0.25, 0.3) is 0 Å². The highest BCUT2D eigenvalue weighted by atomic mass is 16.3. The molecule has 2 heteroatoms. The first-order valence-electron chi connectivity index (χ1n) is 6.68. The summed E-state index contributed by atoms with van der Waals surface area (Å²) in [6.45, 7) is 6.30. The lowest BCUT2D eigenvalue weighted by Gasteiger charge is -2.21. The van der Waals surface area contributed by atoms with Crippen LogP contribution in [0.3, 0.4) is 0 Å². The van der Waals surface area contributed by atoms with E-state index in [9.17, 15) is 5.11 Å². The van der Waals surface area contributed by atoms with E-state index < -0.39 is 0 Å². The maximum atomic E-state index is 9.86. The van der Waals surface area contributed by atoms with E-state index in [1.54, 1.807) is 6.07 Å². The summed E-state index contributed by atoms with van der Waals surface area (Å²) in [5.41, 5.74) is 3.46. The average Bonchev–Trinajstić information content (AvgIpc) is 2.39. The third-order valence-electron chi connectivity index (χ3n) is 3.48. The van der Waals surface area contributed by atoms with Crippen LogP contribution in [-0.2, 0) is 0 Å². The van der Waals surface area contributed by atoms with Gasteiger partial charge in [-0.15, -0.1) is 0 Å². The summed E-state index contributed by atoms with van der Waals surface area (Å²) in [6.07, 6.45) is 0. The molecule has 0 aliphatic carbocycles. The van der Waals surface area contributed by atoms with Crippen LogP contribution in [0.5, 0.6) is 5.75 Å². The Kier molecular flexibility index (Phi) is 4.23. The highest BCUT2D eigenvalue weighted by Gasteiger charge is 2.13. The molecule has 0 aliphatic heterocycles. The number of phenols is 1. The molecule has 0 saturated carbocycles. The number of para-hydroxylation sites is 1. The van der Waals surface area contributed by atoms with Crippen molar-refractivity contribution < 1.29 is 5.11 Å². The van der Waals surface area contributed by atoms with Crippen molar-refractivity contribution in [1.29, 1.82) is 0 Å². The molecule has 0 amide bonds. The van der Waals surface area contributed by atoms with Crippen molar-refractivity contribution in [3.63, 3.8) is 0 Å². The van der Waals surface area contributed by atoms with Crippen molar-refractivity contribution >= 4 is 0 Å². The average molecular weight is 255 g/mol. The molecule has 0 heterocycles. The van der Waals surface area contributed by atoms with Gasteiger partial charge in [-0.05, 0) is 32.4 Å². The number of hydrogen-bond acceptors (Lipinski definition) is 2. The predicted octanol–water partition coefficient (Wildman–Crippen LogP) is 4.11. The molecule has 0 bridgehead atoms. The maximum absolute atomic E-state index is 9.86. The van der Waals surface area contributed by atoms with E-state index in [1.165, 1.54) is 11.1 Å². The minimum Gasteiger partial charge on any atom is -0.508 e. The van der Waals surface area contributed by atoms with E-state index in [-0.39, 0.29) is 12.1 Å². The molecular weight excluding hydrogens is 234 g/mol. The van der Waals surface area contributed by atoms with E-state index in [0.29, 0.717) is 5.75 Å². The Bertz CT molecular complexity index is 533. The first-order chi connectivity index (χ1) is 9.08. The maximum Gasteiger partial charge on any atom is 0.120 e. The Balaban J connectivity index is 2.08. The third kappa shape index (κ3) is 3.36. The molecule has 2 rings (SSSR count). The molecule has 2 aromatic rings. The second-order valence-corrected chi connectivity index (χ2v) is 5.08. The molecule has 2 N–H and O–H groups in total. The first-order valence-corrected chi connectivity index (χ1v) is 6.68. The molecule has 0 spiro atoms. The van der Waals surface area contributed by atoms with E-state index in [4.69, 9.17) is 0 Å². The molecular formula is C17H21NO. The van der Waals surface area contributed by atoms with Crippen LogP contribution in [0.2, 0.25) is 0 Å². The number of aryl methyl sites for hydroxylation is 1. The van der Waals surface area contributed by atoms with E-state index in [0.717, 1.165) is 5.56 Å². The summed E-state index contributed by atoms with van der Waals surface area (Å²) in [6, 6.07) is 16.4. The summed E-state index contributed by atoms with van der Waals surface area (Å²) in [5, 5.41) is 13.4. The fraction of sp³-hybridized carbons (Fsp3) is 0.294. The third-order valence-corrected chi connectivity index (χ3v) is 3.48. The van der Waals surface area contributed by atoms with Gasteiger partial charge in [-0.25, -0.2) is 0 Å². The van der Waals surface area contributed by atoms with Gasteiger partial charge in [0.2, 0.25) is 0 Å².